The topological polar surface area (TPSA) is 114 Å². The summed E-state index contributed by atoms with van der Waals surface area (Å²) in [4.78, 5) is 36.6. The van der Waals surface area contributed by atoms with Crippen molar-refractivity contribution in [2.75, 3.05) is 6.54 Å². The van der Waals surface area contributed by atoms with Crippen molar-refractivity contribution in [3.05, 3.63) is 75.2 Å². The van der Waals surface area contributed by atoms with Crippen LogP contribution in [0.2, 0.25) is 0 Å². The fourth-order valence-corrected chi connectivity index (χ4v) is 2.93. The molecular weight excluding hydrogens is 348 g/mol. The molecule has 9 nitrogen and oxygen atoms in total. The lowest BCUT2D eigenvalue weighted by Gasteiger charge is -2.08. The Kier molecular flexibility index (Phi) is 4.25. The van der Waals surface area contributed by atoms with Crippen molar-refractivity contribution < 1.29 is 4.79 Å². The SMILES string of the molecule is O=C(Cn1[nH]c(=O)c2ccccc2c1=O)NCCc1nnc2ccccn12. The summed E-state index contributed by atoms with van der Waals surface area (Å²) in [5, 5.41) is 13.9. The first kappa shape index (κ1) is 16.7. The van der Waals surface area contributed by atoms with Gasteiger partial charge in [-0.05, 0) is 24.3 Å². The van der Waals surface area contributed by atoms with Crippen LogP contribution in [0.4, 0.5) is 0 Å². The summed E-state index contributed by atoms with van der Waals surface area (Å²) in [5.41, 5.74) is -0.0872. The van der Waals surface area contributed by atoms with Gasteiger partial charge in [0.2, 0.25) is 5.91 Å². The molecule has 1 aromatic carbocycles. The minimum absolute atomic E-state index is 0.264. The van der Waals surface area contributed by atoms with E-state index in [2.05, 4.69) is 20.6 Å². The van der Waals surface area contributed by atoms with Crippen molar-refractivity contribution in [2.45, 2.75) is 13.0 Å². The second-order valence-electron chi connectivity index (χ2n) is 6.02. The van der Waals surface area contributed by atoms with Gasteiger partial charge in [-0.2, -0.15) is 0 Å². The van der Waals surface area contributed by atoms with E-state index in [0.717, 1.165) is 16.2 Å². The van der Waals surface area contributed by atoms with Gasteiger partial charge in [0.05, 0.1) is 10.8 Å². The Balaban J connectivity index is 1.44. The Bertz CT molecular complexity index is 1250. The third kappa shape index (κ3) is 3.22. The number of hydrogen-bond acceptors (Lipinski definition) is 5. The molecule has 4 aromatic rings. The Morgan fingerprint density at radius 1 is 1.04 bits per heavy atom. The summed E-state index contributed by atoms with van der Waals surface area (Å²) in [6.45, 7) is 0.0700. The van der Waals surface area contributed by atoms with Gasteiger partial charge in [0.15, 0.2) is 5.65 Å². The molecule has 27 heavy (non-hydrogen) atoms. The normalized spacial score (nSPS) is 11.1. The maximum absolute atomic E-state index is 12.4. The fraction of sp³-hybridized carbons (Fsp3) is 0.167. The van der Waals surface area contributed by atoms with Crippen molar-refractivity contribution >= 4 is 22.3 Å². The Labute approximate surface area is 152 Å². The lowest BCUT2D eigenvalue weighted by atomic mass is 10.2. The minimum Gasteiger partial charge on any atom is -0.354 e. The first-order valence-corrected chi connectivity index (χ1v) is 8.41. The second-order valence-corrected chi connectivity index (χ2v) is 6.02. The highest BCUT2D eigenvalue weighted by atomic mass is 16.2. The molecule has 0 unspecified atom stereocenters. The van der Waals surface area contributed by atoms with Crippen LogP contribution in [0.5, 0.6) is 0 Å². The number of amides is 1. The van der Waals surface area contributed by atoms with Crippen molar-refractivity contribution in [3.8, 4) is 0 Å². The van der Waals surface area contributed by atoms with Crippen LogP contribution in [0.1, 0.15) is 5.82 Å². The summed E-state index contributed by atoms with van der Waals surface area (Å²) in [5.74, 6) is 0.346. The molecular formula is C18H16N6O3. The summed E-state index contributed by atoms with van der Waals surface area (Å²) in [6, 6.07) is 12.1. The number of nitrogens with one attached hydrogen (secondary N) is 2. The van der Waals surface area contributed by atoms with Crippen molar-refractivity contribution in [1.29, 1.82) is 0 Å². The van der Waals surface area contributed by atoms with E-state index < -0.39 is 11.1 Å². The largest absolute Gasteiger partial charge is 0.354 e. The zero-order valence-corrected chi connectivity index (χ0v) is 14.3. The number of aromatic amines is 1. The number of fused-ring (bicyclic) bond motifs is 2. The quantitative estimate of drug-likeness (QED) is 0.521. The first-order valence-electron chi connectivity index (χ1n) is 8.41. The van der Waals surface area contributed by atoms with E-state index in [1.54, 1.807) is 24.3 Å². The molecule has 3 heterocycles. The number of H-pyrrole nitrogens is 1. The average molecular weight is 364 g/mol. The molecule has 0 saturated carbocycles. The van der Waals surface area contributed by atoms with E-state index in [0.29, 0.717) is 18.4 Å². The predicted octanol–water partition coefficient (Wildman–Crippen LogP) is 0.0914. The zero-order chi connectivity index (χ0) is 18.8. The first-order chi connectivity index (χ1) is 13.1. The number of nitrogens with zero attached hydrogens (tertiary/aromatic N) is 4. The standard InChI is InChI=1S/C18H16N6O3/c25-16(19-9-8-15-21-20-14-7-3-4-10-23(14)15)11-24-18(27)13-6-2-1-5-12(13)17(26)22-24/h1-7,10H,8-9,11H2,(H,19,25)(H,22,26). The van der Waals surface area contributed by atoms with Crippen LogP contribution >= 0.6 is 0 Å². The van der Waals surface area contributed by atoms with Gasteiger partial charge in [0.25, 0.3) is 11.1 Å². The van der Waals surface area contributed by atoms with Crippen LogP contribution in [-0.2, 0) is 17.8 Å². The summed E-state index contributed by atoms with van der Waals surface area (Å²) >= 11 is 0. The fourth-order valence-electron chi connectivity index (χ4n) is 2.93. The molecule has 0 aliphatic heterocycles. The van der Waals surface area contributed by atoms with E-state index in [1.807, 2.05) is 28.8 Å². The molecule has 0 aliphatic rings. The lowest BCUT2D eigenvalue weighted by Crippen LogP contribution is -2.37. The molecule has 9 heteroatoms. The highest BCUT2D eigenvalue weighted by molar-refractivity contribution is 5.81. The van der Waals surface area contributed by atoms with Crippen LogP contribution < -0.4 is 16.4 Å². The molecule has 1 amide bonds. The maximum atomic E-state index is 12.4. The van der Waals surface area contributed by atoms with E-state index in [-0.39, 0.29) is 17.8 Å². The van der Waals surface area contributed by atoms with E-state index in [9.17, 15) is 14.4 Å². The summed E-state index contributed by atoms with van der Waals surface area (Å²) < 4.78 is 2.87. The maximum Gasteiger partial charge on any atom is 0.273 e. The molecule has 0 atom stereocenters. The molecule has 4 rings (SSSR count). The molecule has 0 spiro atoms. The van der Waals surface area contributed by atoms with E-state index >= 15 is 0 Å². The van der Waals surface area contributed by atoms with Crippen LogP contribution in [0.3, 0.4) is 0 Å². The smallest absolute Gasteiger partial charge is 0.273 e. The number of rotatable bonds is 5. The monoisotopic (exact) mass is 364 g/mol. The molecule has 136 valence electrons. The van der Waals surface area contributed by atoms with Gasteiger partial charge in [0.1, 0.15) is 12.4 Å². The minimum atomic E-state index is -0.413. The van der Waals surface area contributed by atoms with E-state index in [4.69, 9.17) is 0 Å². The Hall–Kier alpha value is -3.75. The summed E-state index contributed by atoms with van der Waals surface area (Å²) in [7, 11) is 0. The van der Waals surface area contributed by atoms with Gasteiger partial charge >= 0.3 is 0 Å². The highest BCUT2D eigenvalue weighted by Gasteiger charge is 2.10. The highest BCUT2D eigenvalue weighted by Crippen LogP contribution is 2.03. The van der Waals surface area contributed by atoms with Crippen LogP contribution in [0.25, 0.3) is 16.4 Å². The second kappa shape index (κ2) is 6.87. The number of carbonyl (C=O) groups is 1. The molecule has 3 aromatic heterocycles. The van der Waals surface area contributed by atoms with Gasteiger partial charge in [-0.25, -0.2) is 4.68 Å². The van der Waals surface area contributed by atoms with Crippen LogP contribution in [0, 0.1) is 0 Å². The van der Waals surface area contributed by atoms with Gasteiger partial charge in [0, 0.05) is 19.2 Å². The van der Waals surface area contributed by atoms with Crippen molar-refractivity contribution in [3.63, 3.8) is 0 Å². The predicted molar refractivity (Wildman–Crippen MR) is 98.5 cm³/mol. The third-order valence-electron chi connectivity index (χ3n) is 4.24. The molecule has 0 saturated heterocycles. The number of hydrogen-bond donors (Lipinski definition) is 2. The van der Waals surface area contributed by atoms with Crippen molar-refractivity contribution in [2.24, 2.45) is 0 Å². The number of pyridine rings is 1. The van der Waals surface area contributed by atoms with Crippen LogP contribution in [-0.4, -0.2) is 36.8 Å². The Morgan fingerprint density at radius 3 is 2.67 bits per heavy atom. The molecule has 0 bridgehead atoms. The number of benzene rings is 1. The van der Waals surface area contributed by atoms with Gasteiger partial charge in [-0.15, -0.1) is 10.2 Å². The lowest BCUT2D eigenvalue weighted by molar-refractivity contribution is -0.121. The van der Waals surface area contributed by atoms with Crippen molar-refractivity contribution in [1.82, 2.24) is 29.7 Å². The van der Waals surface area contributed by atoms with Gasteiger partial charge < -0.3 is 5.32 Å². The van der Waals surface area contributed by atoms with E-state index in [1.165, 1.54) is 0 Å². The molecule has 0 radical (unpaired) electrons. The number of aromatic nitrogens is 5. The molecule has 0 aliphatic carbocycles. The zero-order valence-electron chi connectivity index (χ0n) is 14.3. The average Bonchev–Trinajstić information content (AvgIpc) is 3.09. The molecule has 0 fully saturated rings. The Morgan fingerprint density at radius 2 is 1.81 bits per heavy atom. The molecule has 2 N–H and O–H groups in total. The van der Waals surface area contributed by atoms with Crippen LogP contribution in [0.15, 0.2) is 58.3 Å². The summed E-state index contributed by atoms with van der Waals surface area (Å²) in [6.07, 6.45) is 2.34. The van der Waals surface area contributed by atoms with Gasteiger partial charge in [-0.1, -0.05) is 18.2 Å². The third-order valence-corrected chi connectivity index (χ3v) is 4.24. The van der Waals surface area contributed by atoms with Gasteiger partial charge in [-0.3, -0.25) is 23.9 Å². The number of carbonyl (C=O) groups excluding carboxylic acids is 1.